The second-order valence-electron chi connectivity index (χ2n) is 14.1. The van der Waals surface area contributed by atoms with E-state index in [-0.39, 0.29) is 0 Å². The van der Waals surface area contributed by atoms with Crippen LogP contribution >= 0.6 is 0 Å². The number of anilines is 3. The Bertz CT molecular complexity index is 2690. The first kappa shape index (κ1) is 31.7. The maximum atomic E-state index is 2.34. The SMILES string of the molecule is c1ccc(N(c2ccc(-c3ccc4ccccc4c3)cc2)c2ccc(-c3cccc4c3-c3ccccc3C4(c3ccccc3)c3ccccc3)cc2)cc1. The van der Waals surface area contributed by atoms with E-state index in [2.05, 4.69) is 229 Å². The fourth-order valence-electron chi connectivity index (χ4n) is 8.72. The molecule has 10 rings (SSSR count). The molecular weight excluding hydrogens is 651 g/mol. The standard InChI is InChI=1S/C53H37N/c1-4-17-43(18-5-1)53(44-19-6-2-7-20-44)50-25-13-12-23-49(50)52-48(24-14-26-51(52)53)40-31-35-47(36-32-40)54(45-21-8-3-9-22-45)46-33-29-39(30-34-46)42-28-27-38-15-10-11-16-41(38)37-42/h1-37H. The second-order valence-corrected chi connectivity index (χ2v) is 14.1. The maximum Gasteiger partial charge on any atom is 0.0713 e. The summed E-state index contributed by atoms with van der Waals surface area (Å²) in [6.07, 6.45) is 0. The average molecular weight is 688 g/mol. The highest BCUT2D eigenvalue weighted by atomic mass is 15.1. The van der Waals surface area contributed by atoms with Gasteiger partial charge in [-0.2, -0.15) is 0 Å². The van der Waals surface area contributed by atoms with E-state index in [1.54, 1.807) is 0 Å². The lowest BCUT2D eigenvalue weighted by molar-refractivity contribution is 0.768. The van der Waals surface area contributed by atoms with Crippen molar-refractivity contribution >= 4 is 27.8 Å². The van der Waals surface area contributed by atoms with Crippen LogP contribution in [0.25, 0.3) is 44.2 Å². The number of benzene rings is 9. The Balaban J connectivity index is 1.07. The normalized spacial score (nSPS) is 12.6. The molecule has 0 atom stereocenters. The molecule has 254 valence electrons. The zero-order valence-electron chi connectivity index (χ0n) is 29.8. The van der Waals surface area contributed by atoms with Gasteiger partial charge in [0.1, 0.15) is 0 Å². The van der Waals surface area contributed by atoms with Crippen LogP contribution in [-0.2, 0) is 5.41 Å². The minimum absolute atomic E-state index is 0.423. The summed E-state index contributed by atoms with van der Waals surface area (Å²) in [5.74, 6) is 0. The molecule has 1 aliphatic carbocycles. The van der Waals surface area contributed by atoms with Crippen molar-refractivity contribution in [1.82, 2.24) is 0 Å². The largest absolute Gasteiger partial charge is 0.311 e. The third kappa shape index (κ3) is 5.17. The first-order chi connectivity index (χ1) is 26.8. The van der Waals surface area contributed by atoms with E-state index in [1.807, 2.05) is 0 Å². The molecule has 0 saturated carbocycles. The van der Waals surface area contributed by atoms with Crippen molar-refractivity contribution in [2.75, 3.05) is 4.90 Å². The van der Waals surface area contributed by atoms with Gasteiger partial charge in [0.25, 0.3) is 0 Å². The molecule has 9 aromatic carbocycles. The van der Waals surface area contributed by atoms with Gasteiger partial charge >= 0.3 is 0 Å². The van der Waals surface area contributed by atoms with Crippen molar-refractivity contribution in [2.45, 2.75) is 5.41 Å². The number of nitrogens with zero attached hydrogens (tertiary/aromatic N) is 1. The van der Waals surface area contributed by atoms with Gasteiger partial charge in [0, 0.05) is 17.1 Å². The summed E-state index contributed by atoms with van der Waals surface area (Å²) in [6.45, 7) is 0. The number of para-hydroxylation sites is 1. The van der Waals surface area contributed by atoms with Crippen molar-refractivity contribution in [3.8, 4) is 33.4 Å². The molecule has 0 spiro atoms. The van der Waals surface area contributed by atoms with Gasteiger partial charge < -0.3 is 4.90 Å². The Morgan fingerprint density at radius 1 is 0.296 bits per heavy atom. The van der Waals surface area contributed by atoms with E-state index in [9.17, 15) is 0 Å². The molecule has 0 saturated heterocycles. The molecule has 0 N–H and O–H groups in total. The van der Waals surface area contributed by atoms with Crippen molar-refractivity contribution < 1.29 is 0 Å². The Labute approximate surface area is 317 Å². The molecule has 0 amide bonds. The van der Waals surface area contributed by atoms with Crippen LogP contribution in [0.4, 0.5) is 17.1 Å². The lowest BCUT2D eigenvalue weighted by Crippen LogP contribution is -2.28. The fourth-order valence-corrected chi connectivity index (χ4v) is 8.72. The molecule has 0 unspecified atom stereocenters. The van der Waals surface area contributed by atoms with Crippen LogP contribution in [0, 0.1) is 0 Å². The van der Waals surface area contributed by atoms with Crippen molar-refractivity contribution in [2.24, 2.45) is 0 Å². The molecule has 0 radical (unpaired) electrons. The van der Waals surface area contributed by atoms with Gasteiger partial charge in [-0.3, -0.25) is 0 Å². The van der Waals surface area contributed by atoms with Gasteiger partial charge in [-0.05, 0) is 109 Å². The van der Waals surface area contributed by atoms with Crippen LogP contribution in [0.5, 0.6) is 0 Å². The highest BCUT2D eigenvalue weighted by molar-refractivity contribution is 5.96. The van der Waals surface area contributed by atoms with E-state index < -0.39 is 5.41 Å². The molecule has 0 heterocycles. The minimum atomic E-state index is -0.423. The van der Waals surface area contributed by atoms with Gasteiger partial charge in [-0.15, -0.1) is 0 Å². The maximum absolute atomic E-state index is 2.34. The summed E-state index contributed by atoms with van der Waals surface area (Å²) < 4.78 is 0. The van der Waals surface area contributed by atoms with Gasteiger partial charge in [0.2, 0.25) is 0 Å². The number of hydrogen-bond acceptors (Lipinski definition) is 1. The topological polar surface area (TPSA) is 3.24 Å². The third-order valence-electron chi connectivity index (χ3n) is 11.1. The Morgan fingerprint density at radius 3 is 1.44 bits per heavy atom. The van der Waals surface area contributed by atoms with Crippen LogP contribution in [0.15, 0.2) is 224 Å². The quantitative estimate of drug-likeness (QED) is 0.161. The van der Waals surface area contributed by atoms with E-state index in [1.165, 1.54) is 66.4 Å². The molecule has 0 bridgehead atoms. The zero-order chi connectivity index (χ0) is 35.9. The van der Waals surface area contributed by atoms with Crippen LogP contribution < -0.4 is 4.90 Å². The minimum Gasteiger partial charge on any atom is -0.311 e. The highest BCUT2D eigenvalue weighted by Gasteiger charge is 2.46. The van der Waals surface area contributed by atoms with Crippen molar-refractivity contribution in [3.63, 3.8) is 0 Å². The average Bonchev–Trinajstić information content (AvgIpc) is 3.56. The molecule has 1 nitrogen and oxygen atoms in total. The van der Waals surface area contributed by atoms with Crippen LogP contribution in [0.3, 0.4) is 0 Å². The molecule has 1 heteroatoms. The lowest BCUT2D eigenvalue weighted by Gasteiger charge is -2.34. The molecule has 0 fully saturated rings. The van der Waals surface area contributed by atoms with E-state index in [4.69, 9.17) is 0 Å². The lowest BCUT2D eigenvalue weighted by atomic mass is 9.67. The van der Waals surface area contributed by atoms with Gasteiger partial charge in [0.05, 0.1) is 5.41 Å². The predicted molar refractivity (Wildman–Crippen MR) is 227 cm³/mol. The van der Waals surface area contributed by atoms with Gasteiger partial charge in [0.15, 0.2) is 0 Å². The van der Waals surface area contributed by atoms with Crippen LogP contribution in [0.2, 0.25) is 0 Å². The molecule has 1 aliphatic rings. The zero-order valence-corrected chi connectivity index (χ0v) is 29.8. The van der Waals surface area contributed by atoms with E-state index in [0.717, 1.165) is 17.1 Å². The van der Waals surface area contributed by atoms with Gasteiger partial charge in [-0.25, -0.2) is 0 Å². The molecule has 0 aromatic heterocycles. The second kappa shape index (κ2) is 13.2. The van der Waals surface area contributed by atoms with Crippen molar-refractivity contribution in [1.29, 1.82) is 0 Å². The molecule has 0 aliphatic heterocycles. The summed E-state index contributed by atoms with van der Waals surface area (Å²) in [7, 11) is 0. The molecular formula is C53H37N. The highest BCUT2D eigenvalue weighted by Crippen LogP contribution is 2.58. The summed E-state index contributed by atoms with van der Waals surface area (Å²) in [5, 5.41) is 2.51. The van der Waals surface area contributed by atoms with Crippen LogP contribution in [0.1, 0.15) is 22.3 Å². The van der Waals surface area contributed by atoms with Crippen molar-refractivity contribution in [3.05, 3.63) is 247 Å². The first-order valence-corrected chi connectivity index (χ1v) is 18.7. The number of rotatable bonds is 7. The van der Waals surface area contributed by atoms with Gasteiger partial charge in [-0.1, -0.05) is 182 Å². The Morgan fingerprint density at radius 2 is 0.778 bits per heavy atom. The smallest absolute Gasteiger partial charge is 0.0713 e. The summed E-state index contributed by atoms with van der Waals surface area (Å²) in [4.78, 5) is 2.34. The first-order valence-electron chi connectivity index (χ1n) is 18.7. The summed E-state index contributed by atoms with van der Waals surface area (Å²) >= 11 is 0. The molecule has 54 heavy (non-hydrogen) atoms. The predicted octanol–water partition coefficient (Wildman–Crippen LogP) is 14.0. The Kier molecular flexibility index (Phi) is 7.78. The fraction of sp³-hybridized carbons (Fsp3) is 0.0189. The summed E-state index contributed by atoms with van der Waals surface area (Å²) in [5.41, 5.74) is 15.6. The third-order valence-corrected chi connectivity index (χ3v) is 11.1. The van der Waals surface area contributed by atoms with E-state index in [0.29, 0.717) is 0 Å². The molecule has 9 aromatic rings. The van der Waals surface area contributed by atoms with Crippen LogP contribution in [-0.4, -0.2) is 0 Å². The number of fused-ring (bicyclic) bond motifs is 4. The summed E-state index contributed by atoms with van der Waals surface area (Å²) in [6, 6.07) is 81.8. The Hall–Kier alpha value is -6.96. The van der Waals surface area contributed by atoms with E-state index >= 15 is 0 Å². The number of hydrogen-bond donors (Lipinski definition) is 0. The monoisotopic (exact) mass is 687 g/mol.